The summed E-state index contributed by atoms with van der Waals surface area (Å²) in [4.78, 5) is 0. The first kappa shape index (κ1) is 14.8. The molecule has 0 saturated heterocycles. The molecule has 0 radical (unpaired) electrons. The fourth-order valence-corrected chi connectivity index (χ4v) is 3.65. The van der Waals surface area contributed by atoms with Gasteiger partial charge in [0.2, 0.25) is 0 Å². The van der Waals surface area contributed by atoms with E-state index in [1.54, 1.807) is 0 Å². The second-order valence-electron chi connectivity index (χ2n) is 5.61. The highest BCUT2D eigenvalue weighted by Gasteiger charge is 2.24. The fraction of sp³-hybridized carbons (Fsp3) is 0.533. The number of aliphatic hydroxyl groups excluding tert-OH is 1. The van der Waals surface area contributed by atoms with Crippen LogP contribution in [0.25, 0.3) is 10.9 Å². The van der Waals surface area contributed by atoms with E-state index in [2.05, 4.69) is 21.0 Å². The van der Waals surface area contributed by atoms with Crippen LogP contribution in [0.4, 0.5) is 4.39 Å². The first-order valence-electron chi connectivity index (χ1n) is 7.15. The second kappa shape index (κ2) is 5.93. The van der Waals surface area contributed by atoms with Crippen molar-refractivity contribution < 1.29 is 14.2 Å². The van der Waals surface area contributed by atoms with Gasteiger partial charge in [0.25, 0.3) is 0 Å². The Morgan fingerprint density at radius 3 is 2.76 bits per heavy atom. The molecule has 21 heavy (non-hydrogen) atoms. The minimum absolute atomic E-state index is 0.191. The second-order valence-corrected chi connectivity index (χ2v) is 6.46. The molecule has 1 fully saturated rings. The number of ether oxygens (including phenoxy) is 1. The van der Waals surface area contributed by atoms with Crippen molar-refractivity contribution >= 4 is 26.8 Å². The molecule has 0 amide bonds. The maximum atomic E-state index is 14.4. The summed E-state index contributed by atoms with van der Waals surface area (Å²) in [6, 6.07) is 2.12. The number of methoxy groups -OCH3 is 1. The number of hydrogen-bond donors (Lipinski definition) is 1. The lowest BCUT2D eigenvalue weighted by atomic mass is 9.87. The lowest BCUT2D eigenvalue weighted by Crippen LogP contribution is -2.20. The molecule has 1 saturated carbocycles. The molecule has 4 nitrogen and oxygen atoms in total. The van der Waals surface area contributed by atoms with E-state index in [4.69, 9.17) is 4.74 Å². The molecule has 1 N–H and O–H groups in total. The number of nitrogens with zero attached hydrogens (tertiary/aromatic N) is 2. The first-order valence-corrected chi connectivity index (χ1v) is 7.95. The normalized spacial score (nSPS) is 22.7. The van der Waals surface area contributed by atoms with Crippen LogP contribution in [-0.4, -0.2) is 28.6 Å². The summed E-state index contributed by atoms with van der Waals surface area (Å²) >= 11 is 3.32. The minimum Gasteiger partial charge on any atom is -0.492 e. The highest BCUT2D eigenvalue weighted by molar-refractivity contribution is 9.10. The van der Waals surface area contributed by atoms with Crippen molar-refractivity contribution in [1.29, 1.82) is 0 Å². The molecule has 2 aromatic rings. The van der Waals surface area contributed by atoms with Crippen LogP contribution in [0.5, 0.6) is 5.75 Å². The Kier molecular flexibility index (Phi) is 4.17. The quantitative estimate of drug-likeness (QED) is 0.912. The summed E-state index contributed by atoms with van der Waals surface area (Å²) in [6.07, 6.45) is 5.82. The van der Waals surface area contributed by atoms with Gasteiger partial charge in [0, 0.05) is 18.2 Å². The van der Waals surface area contributed by atoms with Crippen molar-refractivity contribution in [2.75, 3.05) is 13.7 Å². The lowest BCUT2D eigenvalue weighted by Gasteiger charge is -2.27. The van der Waals surface area contributed by atoms with Gasteiger partial charge in [0.15, 0.2) is 11.6 Å². The van der Waals surface area contributed by atoms with Crippen molar-refractivity contribution in [1.82, 2.24) is 9.78 Å². The van der Waals surface area contributed by atoms with Crippen LogP contribution < -0.4 is 4.74 Å². The predicted molar refractivity (Wildman–Crippen MR) is 82.0 cm³/mol. The van der Waals surface area contributed by atoms with E-state index in [1.165, 1.54) is 7.11 Å². The zero-order chi connectivity index (χ0) is 15.0. The summed E-state index contributed by atoms with van der Waals surface area (Å²) in [6.45, 7) is 0.257. The van der Waals surface area contributed by atoms with Gasteiger partial charge in [-0.25, -0.2) is 4.39 Å². The van der Waals surface area contributed by atoms with Crippen LogP contribution in [0.15, 0.2) is 16.7 Å². The number of benzene rings is 1. The molecule has 3 rings (SSSR count). The van der Waals surface area contributed by atoms with E-state index >= 15 is 0 Å². The van der Waals surface area contributed by atoms with Crippen molar-refractivity contribution in [3.63, 3.8) is 0 Å². The van der Waals surface area contributed by atoms with Gasteiger partial charge in [-0.1, -0.05) is 0 Å². The number of aliphatic hydroxyl groups is 1. The Hall–Kier alpha value is -1.14. The van der Waals surface area contributed by atoms with Crippen LogP contribution in [-0.2, 0) is 0 Å². The smallest absolute Gasteiger partial charge is 0.194 e. The molecule has 1 aliphatic rings. The lowest BCUT2D eigenvalue weighted by molar-refractivity contribution is 0.165. The van der Waals surface area contributed by atoms with Gasteiger partial charge < -0.3 is 9.84 Å². The van der Waals surface area contributed by atoms with Gasteiger partial charge in [-0.05, 0) is 53.6 Å². The third kappa shape index (κ3) is 2.66. The molecule has 6 heteroatoms. The summed E-state index contributed by atoms with van der Waals surface area (Å²) in [5, 5.41) is 14.4. The van der Waals surface area contributed by atoms with Gasteiger partial charge in [0.1, 0.15) is 5.52 Å². The molecule has 1 aliphatic carbocycles. The fourth-order valence-electron chi connectivity index (χ4n) is 3.06. The molecule has 0 atom stereocenters. The first-order chi connectivity index (χ1) is 10.1. The van der Waals surface area contributed by atoms with Gasteiger partial charge >= 0.3 is 0 Å². The number of halogens is 2. The predicted octanol–water partition coefficient (Wildman–Crippen LogP) is 3.67. The largest absolute Gasteiger partial charge is 0.492 e. The highest BCUT2D eigenvalue weighted by atomic mass is 79.9. The van der Waals surface area contributed by atoms with Gasteiger partial charge in [-0.15, -0.1) is 0 Å². The van der Waals surface area contributed by atoms with E-state index < -0.39 is 5.82 Å². The molecule has 0 unspecified atom stereocenters. The number of hydrogen-bond acceptors (Lipinski definition) is 3. The van der Waals surface area contributed by atoms with Crippen molar-refractivity contribution in [2.45, 2.75) is 31.7 Å². The monoisotopic (exact) mass is 356 g/mol. The number of fused-ring (bicyclic) bond motifs is 1. The molecule has 0 spiro atoms. The van der Waals surface area contributed by atoms with Crippen LogP contribution in [0, 0.1) is 11.7 Å². The minimum atomic E-state index is -0.426. The molecule has 1 aromatic carbocycles. The maximum Gasteiger partial charge on any atom is 0.194 e. The average Bonchev–Trinajstić information content (AvgIpc) is 2.92. The van der Waals surface area contributed by atoms with Gasteiger partial charge in [-0.2, -0.15) is 5.10 Å². The molecule has 0 bridgehead atoms. The molecular weight excluding hydrogens is 339 g/mol. The summed E-state index contributed by atoms with van der Waals surface area (Å²) in [7, 11) is 1.45. The molecule has 0 aliphatic heterocycles. The third-order valence-corrected chi connectivity index (χ3v) is 4.91. The third-order valence-electron chi connectivity index (χ3n) is 4.32. The van der Waals surface area contributed by atoms with E-state index in [-0.39, 0.29) is 18.4 Å². The van der Waals surface area contributed by atoms with Gasteiger partial charge in [-0.3, -0.25) is 4.68 Å². The van der Waals surface area contributed by atoms with Crippen molar-refractivity contribution in [2.24, 2.45) is 5.92 Å². The summed E-state index contributed by atoms with van der Waals surface area (Å²) in [5.41, 5.74) is 0.347. The zero-order valence-electron chi connectivity index (χ0n) is 11.9. The Morgan fingerprint density at radius 1 is 1.43 bits per heavy atom. The van der Waals surface area contributed by atoms with Crippen LogP contribution in [0.2, 0.25) is 0 Å². The zero-order valence-corrected chi connectivity index (χ0v) is 13.4. The Bertz CT molecular complexity index is 651. The Labute approximate surface area is 131 Å². The Balaban J connectivity index is 1.93. The van der Waals surface area contributed by atoms with E-state index in [1.807, 2.05) is 16.9 Å². The molecule has 1 heterocycles. The average molecular weight is 357 g/mol. The van der Waals surface area contributed by atoms with Crippen molar-refractivity contribution in [3.05, 3.63) is 22.6 Å². The molecular formula is C15H18BrFN2O2. The molecule has 1 aromatic heterocycles. The summed E-state index contributed by atoms with van der Waals surface area (Å²) < 4.78 is 21.9. The standard InChI is InChI=1S/C15H18BrFN2O2/c1-21-15-12(16)6-10-7-19(18-14(10)13(15)17)11-4-2-9(8-20)3-5-11/h6-7,9,11,20H,2-5,8H2,1H3/t9-,11-. The van der Waals surface area contributed by atoms with Crippen molar-refractivity contribution in [3.8, 4) is 5.75 Å². The highest BCUT2D eigenvalue weighted by Crippen LogP contribution is 2.36. The van der Waals surface area contributed by atoms with Crippen LogP contribution >= 0.6 is 15.9 Å². The van der Waals surface area contributed by atoms with E-state index in [0.717, 1.165) is 31.1 Å². The topological polar surface area (TPSA) is 47.3 Å². The SMILES string of the molecule is COc1c(Br)cc2cn([C@H]3CC[C@H](CO)CC3)nc2c1F. The maximum absolute atomic E-state index is 14.4. The van der Waals surface area contributed by atoms with Crippen LogP contribution in [0.1, 0.15) is 31.7 Å². The molecule has 114 valence electrons. The Morgan fingerprint density at radius 2 is 2.14 bits per heavy atom. The van der Waals surface area contributed by atoms with Gasteiger partial charge in [0.05, 0.1) is 17.6 Å². The van der Waals surface area contributed by atoms with E-state index in [0.29, 0.717) is 15.9 Å². The van der Waals surface area contributed by atoms with E-state index in [9.17, 15) is 9.50 Å². The number of rotatable bonds is 3. The summed E-state index contributed by atoms with van der Waals surface area (Å²) in [5.74, 6) is 0.165. The number of aromatic nitrogens is 2. The van der Waals surface area contributed by atoms with Crippen LogP contribution in [0.3, 0.4) is 0 Å².